The van der Waals surface area contributed by atoms with Crippen LogP contribution in [0.25, 0.3) is 0 Å². The average molecular weight is 450 g/mol. The summed E-state index contributed by atoms with van der Waals surface area (Å²) in [6.07, 6.45) is 2.00. The summed E-state index contributed by atoms with van der Waals surface area (Å²) < 4.78 is 21.1. The van der Waals surface area contributed by atoms with Gasteiger partial charge in [0.15, 0.2) is 17.7 Å². The zero-order valence-electron chi connectivity index (χ0n) is 16.9. The number of carbonyl (C=O) groups excluding carboxylic acids is 2. The number of hydrogen-bond donors (Lipinski definition) is 2. The van der Waals surface area contributed by atoms with Crippen LogP contribution >= 0.6 is 11.6 Å². The number of benzene rings is 1. The van der Waals surface area contributed by atoms with E-state index in [1.54, 1.807) is 13.0 Å². The van der Waals surface area contributed by atoms with Crippen molar-refractivity contribution < 1.29 is 23.8 Å². The van der Waals surface area contributed by atoms with E-state index in [4.69, 9.17) is 16.3 Å². The molecule has 164 valence electrons. The number of hydrogen-bond acceptors (Lipinski definition) is 5. The minimum Gasteiger partial charge on any atom is -0.503 e. The second-order valence-electron chi connectivity index (χ2n) is 7.62. The Morgan fingerprint density at radius 3 is 2.71 bits per heavy atom. The molecule has 2 aliphatic rings. The summed E-state index contributed by atoms with van der Waals surface area (Å²) in [6.45, 7) is 1.91. The molecule has 10 heteroatoms. The molecule has 4 rings (SSSR count). The zero-order chi connectivity index (χ0) is 22.5. The topological polar surface area (TPSA) is 101 Å². The molecule has 1 fully saturated rings. The van der Waals surface area contributed by atoms with Crippen LogP contribution in [0.1, 0.15) is 46.2 Å². The monoisotopic (exact) mass is 449 g/mol. The maximum atomic E-state index is 14.1. The third-order valence-corrected chi connectivity index (χ3v) is 6.20. The van der Waals surface area contributed by atoms with Gasteiger partial charge in [-0.2, -0.15) is 0 Å². The van der Waals surface area contributed by atoms with E-state index in [0.29, 0.717) is 19.4 Å². The van der Waals surface area contributed by atoms with Gasteiger partial charge in [-0.25, -0.2) is 4.39 Å². The van der Waals surface area contributed by atoms with Crippen LogP contribution < -0.4 is 10.7 Å². The summed E-state index contributed by atoms with van der Waals surface area (Å²) in [4.78, 5) is 39.9. The Kier molecular flexibility index (Phi) is 5.26. The number of aromatic nitrogens is 1. The van der Waals surface area contributed by atoms with Gasteiger partial charge in [0.2, 0.25) is 5.43 Å². The quantitative estimate of drug-likeness (QED) is 0.729. The summed E-state index contributed by atoms with van der Waals surface area (Å²) in [5.74, 6) is -2.80. The van der Waals surface area contributed by atoms with E-state index in [1.165, 1.54) is 34.9 Å². The molecular weight excluding hydrogens is 429 g/mol. The van der Waals surface area contributed by atoms with Crippen molar-refractivity contribution in [1.82, 2.24) is 14.8 Å². The summed E-state index contributed by atoms with van der Waals surface area (Å²) >= 11 is 5.75. The Labute approximate surface area is 182 Å². The van der Waals surface area contributed by atoms with Crippen molar-refractivity contribution in [2.45, 2.75) is 38.1 Å². The molecule has 1 atom stereocenters. The number of nitrogens with one attached hydrogen (secondary N) is 1. The van der Waals surface area contributed by atoms with Gasteiger partial charge >= 0.3 is 0 Å². The van der Waals surface area contributed by atoms with Crippen LogP contribution in [0.4, 0.5) is 4.39 Å². The van der Waals surface area contributed by atoms with Crippen LogP contribution in [0.3, 0.4) is 0 Å². The molecular formula is C21H21ClFN3O5. The number of rotatable bonds is 5. The first-order valence-corrected chi connectivity index (χ1v) is 10.2. The Morgan fingerprint density at radius 2 is 2.10 bits per heavy atom. The average Bonchev–Trinajstić information content (AvgIpc) is 3.54. The fourth-order valence-electron chi connectivity index (χ4n) is 4.20. The number of methoxy groups -OCH3 is 1. The first kappa shape index (κ1) is 21.3. The molecule has 0 radical (unpaired) electrons. The number of ether oxygens (including phenoxy) is 1. The predicted molar refractivity (Wildman–Crippen MR) is 110 cm³/mol. The third kappa shape index (κ3) is 3.19. The highest BCUT2D eigenvalue weighted by Crippen LogP contribution is 2.52. The Hall–Kier alpha value is -2.91. The van der Waals surface area contributed by atoms with Gasteiger partial charge in [0.25, 0.3) is 11.8 Å². The minimum atomic E-state index is -0.966. The number of pyridine rings is 1. The highest BCUT2D eigenvalue weighted by atomic mass is 35.5. The van der Waals surface area contributed by atoms with Crippen LogP contribution in [0, 0.1) is 5.82 Å². The molecule has 1 aromatic carbocycles. The number of likely N-dealkylation sites (N-methyl/N-ethyl adjacent to an activating group) is 1. The zero-order valence-corrected chi connectivity index (χ0v) is 17.7. The molecule has 1 aliphatic carbocycles. The minimum absolute atomic E-state index is 0.0847. The summed E-state index contributed by atoms with van der Waals surface area (Å²) in [7, 11) is 1.49. The van der Waals surface area contributed by atoms with E-state index in [0.717, 1.165) is 0 Å². The van der Waals surface area contributed by atoms with Crippen molar-refractivity contribution in [2.75, 3.05) is 13.7 Å². The van der Waals surface area contributed by atoms with Gasteiger partial charge in [0.1, 0.15) is 11.4 Å². The van der Waals surface area contributed by atoms with E-state index < -0.39 is 40.6 Å². The lowest BCUT2D eigenvalue weighted by Gasteiger charge is -2.42. The molecule has 0 saturated heterocycles. The van der Waals surface area contributed by atoms with E-state index in [2.05, 4.69) is 5.32 Å². The molecule has 2 aromatic rings. The fourth-order valence-corrected chi connectivity index (χ4v) is 4.39. The second-order valence-corrected chi connectivity index (χ2v) is 8.02. The van der Waals surface area contributed by atoms with E-state index in [1.807, 2.05) is 0 Å². The predicted octanol–water partition coefficient (Wildman–Crippen LogP) is 2.21. The molecule has 1 unspecified atom stereocenters. The number of amides is 2. The van der Waals surface area contributed by atoms with E-state index >= 15 is 0 Å². The van der Waals surface area contributed by atoms with Crippen LogP contribution in [0.15, 0.2) is 29.2 Å². The standard InChI is InChI=1S/C21H21ClFN3O5/c1-3-25-19(30)15-17(28)16(27)12(10-26(15)21(7-8-21)20(25)31-2)18(29)24-9-11-5-4-6-13(22)14(11)23/h4-6,10,20,28H,3,7-9H2,1-2H3,(H,24,29). The van der Waals surface area contributed by atoms with Gasteiger partial charge in [-0.3, -0.25) is 14.4 Å². The molecule has 31 heavy (non-hydrogen) atoms. The maximum absolute atomic E-state index is 14.1. The molecule has 2 N–H and O–H groups in total. The second kappa shape index (κ2) is 7.65. The summed E-state index contributed by atoms with van der Waals surface area (Å²) in [6, 6.07) is 4.38. The Balaban J connectivity index is 1.72. The SMILES string of the molecule is CCN1C(=O)c2c(O)c(=O)c(C(=O)NCc3cccc(Cl)c3F)cn2C2(CC2)C1OC. The van der Waals surface area contributed by atoms with Crippen molar-refractivity contribution in [2.24, 2.45) is 0 Å². The van der Waals surface area contributed by atoms with E-state index in [9.17, 15) is 23.9 Å². The lowest BCUT2D eigenvalue weighted by Crippen LogP contribution is -2.56. The van der Waals surface area contributed by atoms with E-state index in [-0.39, 0.29) is 28.4 Å². The number of aromatic hydroxyl groups is 1. The van der Waals surface area contributed by atoms with Crippen LogP contribution in [0.5, 0.6) is 5.75 Å². The lowest BCUT2D eigenvalue weighted by molar-refractivity contribution is -0.0694. The molecule has 1 aromatic heterocycles. The molecule has 8 nitrogen and oxygen atoms in total. The molecule has 2 amide bonds. The highest BCUT2D eigenvalue weighted by Gasteiger charge is 2.59. The normalized spacial score (nSPS) is 18.8. The summed E-state index contributed by atoms with van der Waals surface area (Å²) in [5.41, 5.74) is -1.98. The highest BCUT2D eigenvalue weighted by molar-refractivity contribution is 6.30. The molecule has 0 bridgehead atoms. The summed E-state index contributed by atoms with van der Waals surface area (Å²) in [5, 5.41) is 13.0. The van der Waals surface area contributed by atoms with Crippen molar-refractivity contribution in [3.05, 3.63) is 62.3 Å². The first-order valence-electron chi connectivity index (χ1n) is 9.80. The fraction of sp³-hybridized carbons (Fsp3) is 0.381. The largest absolute Gasteiger partial charge is 0.503 e. The smallest absolute Gasteiger partial charge is 0.276 e. The van der Waals surface area contributed by atoms with Crippen LogP contribution in [-0.2, 0) is 16.8 Å². The number of nitrogens with zero attached hydrogens (tertiary/aromatic N) is 2. The van der Waals surface area contributed by atoms with Crippen LogP contribution in [-0.4, -0.2) is 46.3 Å². The first-order chi connectivity index (χ1) is 14.8. The molecule has 1 spiro atoms. The van der Waals surface area contributed by atoms with Crippen molar-refractivity contribution >= 4 is 23.4 Å². The van der Waals surface area contributed by atoms with Gasteiger partial charge in [-0.15, -0.1) is 0 Å². The van der Waals surface area contributed by atoms with Crippen molar-refractivity contribution in [3.63, 3.8) is 0 Å². The molecule has 1 aliphatic heterocycles. The number of halogens is 2. The van der Waals surface area contributed by atoms with Gasteiger partial charge in [-0.1, -0.05) is 23.7 Å². The Morgan fingerprint density at radius 1 is 1.39 bits per heavy atom. The number of carbonyl (C=O) groups is 2. The van der Waals surface area contributed by atoms with Crippen molar-refractivity contribution in [3.8, 4) is 5.75 Å². The van der Waals surface area contributed by atoms with Crippen molar-refractivity contribution in [1.29, 1.82) is 0 Å². The maximum Gasteiger partial charge on any atom is 0.276 e. The van der Waals surface area contributed by atoms with Crippen LogP contribution in [0.2, 0.25) is 5.02 Å². The van der Waals surface area contributed by atoms with Gasteiger partial charge in [0, 0.05) is 32.0 Å². The third-order valence-electron chi connectivity index (χ3n) is 5.91. The molecule has 1 saturated carbocycles. The molecule has 2 heterocycles. The Bertz CT molecular complexity index is 1140. The lowest BCUT2D eigenvalue weighted by atomic mass is 10.0. The van der Waals surface area contributed by atoms with Gasteiger partial charge in [-0.05, 0) is 25.8 Å². The van der Waals surface area contributed by atoms with Gasteiger partial charge < -0.3 is 24.6 Å². The van der Waals surface area contributed by atoms with Gasteiger partial charge in [0.05, 0.1) is 10.6 Å². The number of fused-ring (bicyclic) bond motifs is 2.